The normalized spacial score (nSPS) is 32.8. The lowest BCUT2D eigenvalue weighted by Gasteiger charge is -2.48. The van der Waals surface area contributed by atoms with Crippen LogP contribution in [-0.4, -0.2) is 193 Å². The topological polar surface area (TPSA) is 307 Å². The van der Waals surface area contributed by atoms with Crippen molar-refractivity contribution in [1.29, 1.82) is 0 Å². The van der Waals surface area contributed by atoms with Gasteiger partial charge in [-0.3, -0.25) is 4.79 Å². The molecule has 0 aromatic carbocycles. The van der Waals surface area contributed by atoms with Crippen LogP contribution in [0.5, 0.6) is 0 Å². The molecule has 0 aromatic rings. The Morgan fingerprint density at radius 2 is 0.914 bits per heavy atom. The Bertz CT molecular complexity index is 1440. The molecule has 0 radical (unpaired) electrons. The molecule has 3 aliphatic rings. The van der Waals surface area contributed by atoms with Crippen LogP contribution < -0.4 is 5.32 Å². The fraction of sp³-hybridized carbons (Fsp3) is 0.863. The molecular weight excluding hydrogens is 915 g/mol. The zero-order chi connectivity index (χ0) is 51.3. The van der Waals surface area contributed by atoms with E-state index in [-0.39, 0.29) is 18.9 Å². The number of hydrogen-bond acceptors (Lipinski definition) is 18. The summed E-state index contributed by atoms with van der Waals surface area (Å²) in [5.74, 6) is -0.294. The van der Waals surface area contributed by atoms with E-state index in [0.29, 0.717) is 12.8 Å². The van der Waals surface area contributed by atoms with Crippen molar-refractivity contribution in [3.8, 4) is 0 Å². The molecule has 12 N–H and O–H groups in total. The third kappa shape index (κ3) is 21.5. The van der Waals surface area contributed by atoms with Gasteiger partial charge in [0.25, 0.3) is 0 Å². The van der Waals surface area contributed by atoms with Gasteiger partial charge in [0, 0.05) is 6.42 Å². The maximum atomic E-state index is 13.2. The van der Waals surface area contributed by atoms with Crippen molar-refractivity contribution in [2.75, 3.05) is 26.4 Å². The van der Waals surface area contributed by atoms with E-state index in [1.54, 1.807) is 6.08 Å². The van der Waals surface area contributed by atoms with Gasteiger partial charge in [0.1, 0.15) is 73.2 Å². The molecule has 0 bridgehead atoms. The molecule has 3 saturated heterocycles. The molecule has 3 rings (SSSR count). The zero-order valence-corrected chi connectivity index (χ0v) is 41.7. The second-order valence-electron chi connectivity index (χ2n) is 19.0. The van der Waals surface area contributed by atoms with Gasteiger partial charge < -0.3 is 89.9 Å². The lowest BCUT2D eigenvalue weighted by molar-refractivity contribution is -0.379. The Morgan fingerprint density at radius 3 is 1.43 bits per heavy atom. The van der Waals surface area contributed by atoms with Crippen LogP contribution in [0.3, 0.4) is 0 Å². The molecule has 0 spiro atoms. The summed E-state index contributed by atoms with van der Waals surface area (Å²) in [4.78, 5) is 13.2. The van der Waals surface area contributed by atoms with Crippen molar-refractivity contribution in [3.05, 3.63) is 36.5 Å². The van der Waals surface area contributed by atoms with Gasteiger partial charge in [0.2, 0.25) is 5.91 Å². The van der Waals surface area contributed by atoms with Crippen LogP contribution in [0.4, 0.5) is 0 Å². The van der Waals surface area contributed by atoms with Crippen molar-refractivity contribution in [2.45, 2.75) is 253 Å². The minimum absolute atomic E-state index is 0.234. The first kappa shape index (κ1) is 62.3. The molecule has 17 atom stereocenters. The van der Waals surface area contributed by atoms with Crippen molar-refractivity contribution in [3.63, 3.8) is 0 Å². The van der Waals surface area contributed by atoms with Crippen LogP contribution in [-0.2, 0) is 33.2 Å². The standard InChI is InChI=1S/C51H91NO18/c1-3-5-7-9-11-13-15-17-18-20-22-24-26-28-35(56)34(52-39(57)29-27-25-23-21-19-16-14-12-10-8-6-4-2)33-65-49-45(63)42(60)47(37(31-54)67-49)70-51-46(64)43(61)48(38(32-55)68-51)69-50-44(62)41(59)40(58)36(30-53)66-50/h11,13,18,20,26,28,34-38,40-51,53-56,58-64H,3-10,12,14-17,19,21-25,27,29-33H2,1-2H3,(H,52,57)/b13-11+,20-18+,28-26+. The number of nitrogens with one attached hydrogen (secondary N) is 1. The lowest BCUT2D eigenvalue weighted by Crippen LogP contribution is -2.66. The minimum atomic E-state index is -1.98. The van der Waals surface area contributed by atoms with Gasteiger partial charge in [0.05, 0.1) is 38.6 Å². The second-order valence-corrected chi connectivity index (χ2v) is 19.0. The first-order chi connectivity index (χ1) is 33.8. The van der Waals surface area contributed by atoms with E-state index in [1.807, 2.05) is 6.08 Å². The molecule has 3 fully saturated rings. The third-order valence-corrected chi connectivity index (χ3v) is 13.2. The quantitative estimate of drug-likeness (QED) is 0.0316. The smallest absolute Gasteiger partial charge is 0.220 e. The van der Waals surface area contributed by atoms with E-state index in [4.69, 9.17) is 28.4 Å². The van der Waals surface area contributed by atoms with Gasteiger partial charge in [0.15, 0.2) is 18.9 Å². The molecular formula is C51H91NO18. The highest BCUT2D eigenvalue weighted by Crippen LogP contribution is 2.33. The molecule has 0 aromatic heterocycles. The second kappa shape index (κ2) is 36.0. The number of carbonyl (C=O) groups excluding carboxylic acids is 1. The van der Waals surface area contributed by atoms with Crippen LogP contribution >= 0.6 is 0 Å². The van der Waals surface area contributed by atoms with E-state index in [9.17, 15) is 61.0 Å². The predicted octanol–water partition coefficient (Wildman–Crippen LogP) is 2.20. The highest BCUT2D eigenvalue weighted by Gasteiger charge is 2.53. The molecule has 70 heavy (non-hydrogen) atoms. The fourth-order valence-corrected chi connectivity index (χ4v) is 8.75. The minimum Gasteiger partial charge on any atom is -0.394 e. The van der Waals surface area contributed by atoms with Crippen molar-refractivity contribution in [1.82, 2.24) is 5.32 Å². The van der Waals surface area contributed by atoms with Crippen LogP contribution in [0, 0.1) is 0 Å². The Hall–Kier alpha value is -1.99. The van der Waals surface area contributed by atoms with Gasteiger partial charge in [-0.2, -0.15) is 0 Å². The summed E-state index contributed by atoms with van der Waals surface area (Å²) in [6, 6.07) is -0.990. The number of carbonyl (C=O) groups is 1. The number of hydrogen-bond donors (Lipinski definition) is 12. The van der Waals surface area contributed by atoms with E-state index in [2.05, 4.69) is 43.5 Å². The Labute approximate surface area is 415 Å². The number of unbranched alkanes of at least 4 members (excludes halogenated alkanes) is 16. The molecule has 0 aliphatic carbocycles. The van der Waals surface area contributed by atoms with Crippen molar-refractivity contribution < 1.29 is 89.4 Å². The highest BCUT2D eigenvalue weighted by molar-refractivity contribution is 5.76. The van der Waals surface area contributed by atoms with Gasteiger partial charge in [-0.25, -0.2) is 0 Å². The highest BCUT2D eigenvalue weighted by atomic mass is 16.8. The molecule has 17 unspecified atom stereocenters. The maximum Gasteiger partial charge on any atom is 0.220 e. The van der Waals surface area contributed by atoms with Crippen LogP contribution in [0.25, 0.3) is 0 Å². The van der Waals surface area contributed by atoms with Crippen molar-refractivity contribution in [2.24, 2.45) is 0 Å². The molecule has 3 aliphatic heterocycles. The summed E-state index contributed by atoms with van der Waals surface area (Å²) in [7, 11) is 0. The van der Waals surface area contributed by atoms with E-state index >= 15 is 0 Å². The van der Waals surface area contributed by atoms with Gasteiger partial charge in [-0.1, -0.05) is 134 Å². The third-order valence-electron chi connectivity index (χ3n) is 13.2. The first-order valence-electron chi connectivity index (χ1n) is 26.2. The number of aliphatic hydroxyl groups excluding tert-OH is 11. The van der Waals surface area contributed by atoms with Gasteiger partial charge in [-0.15, -0.1) is 0 Å². The summed E-state index contributed by atoms with van der Waals surface area (Å²) in [5.41, 5.74) is 0. The number of ether oxygens (including phenoxy) is 6. The number of rotatable bonds is 36. The maximum absolute atomic E-state index is 13.2. The number of aliphatic hydroxyl groups is 11. The number of allylic oxidation sites excluding steroid dienone is 5. The van der Waals surface area contributed by atoms with Crippen molar-refractivity contribution >= 4 is 5.91 Å². The summed E-state index contributed by atoms with van der Waals surface area (Å²) in [5, 5.41) is 120. The van der Waals surface area contributed by atoms with Crippen LogP contribution in [0.1, 0.15) is 149 Å². The molecule has 19 heteroatoms. The van der Waals surface area contributed by atoms with Crippen LogP contribution in [0.15, 0.2) is 36.5 Å². The predicted molar refractivity (Wildman–Crippen MR) is 259 cm³/mol. The SMILES string of the molecule is CCCCC/C=C/CC/C=C/CC/C=C/C(O)C(COC1OC(CO)C(OC2OC(CO)C(OC3OC(CO)C(O)C(O)C3O)C(O)C2O)C(O)C1O)NC(=O)CCCCCCCCCCCCCC. The average molecular weight is 1010 g/mol. The molecule has 1 amide bonds. The fourth-order valence-electron chi connectivity index (χ4n) is 8.75. The average Bonchev–Trinajstić information content (AvgIpc) is 3.35. The van der Waals surface area contributed by atoms with E-state index < -0.39 is 124 Å². The zero-order valence-electron chi connectivity index (χ0n) is 41.7. The Kier molecular flexibility index (Phi) is 32.1. The largest absolute Gasteiger partial charge is 0.394 e. The summed E-state index contributed by atoms with van der Waals surface area (Å²) in [6.45, 7) is 1.61. The molecule has 19 nitrogen and oxygen atoms in total. The molecule has 408 valence electrons. The van der Waals surface area contributed by atoms with E-state index in [1.165, 1.54) is 70.6 Å². The van der Waals surface area contributed by atoms with Crippen LogP contribution in [0.2, 0.25) is 0 Å². The molecule has 0 saturated carbocycles. The van der Waals surface area contributed by atoms with Gasteiger partial charge >= 0.3 is 0 Å². The first-order valence-corrected chi connectivity index (χ1v) is 26.2. The van der Waals surface area contributed by atoms with Gasteiger partial charge in [-0.05, 0) is 44.9 Å². The number of amides is 1. The lowest BCUT2D eigenvalue weighted by atomic mass is 9.96. The molecule has 3 heterocycles. The summed E-state index contributed by atoms with van der Waals surface area (Å²) >= 11 is 0. The Balaban J connectivity index is 1.58. The van der Waals surface area contributed by atoms with E-state index in [0.717, 1.165) is 44.9 Å². The summed E-state index contributed by atoms with van der Waals surface area (Å²) in [6.07, 6.45) is 7.22. The Morgan fingerprint density at radius 1 is 0.500 bits per heavy atom. The monoisotopic (exact) mass is 1010 g/mol. The summed E-state index contributed by atoms with van der Waals surface area (Å²) < 4.78 is 34.1.